The lowest BCUT2D eigenvalue weighted by molar-refractivity contribution is -0.120. The Kier molecular flexibility index (Phi) is 5.22. The largest absolute Gasteiger partial charge is 0.371 e. The lowest BCUT2D eigenvalue weighted by Gasteiger charge is -2.19. The van der Waals surface area contributed by atoms with Crippen LogP contribution >= 0.6 is 0 Å². The Morgan fingerprint density at radius 2 is 2.25 bits per heavy atom. The Hall–Kier alpha value is -0.610. The van der Waals surface area contributed by atoms with Gasteiger partial charge in [0.1, 0.15) is 0 Å². The van der Waals surface area contributed by atoms with Crippen LogP contribution in [0.1, 0.15) is 40.0 Å². The summed E-state index contributed by atoms with van der Waals surface area (Å²) in [5.74, 6) is 0.0686. The fourth-order valence-electron chi connectivity index (χ4n) is 1.89. The van der Waals surface area contributed by atoms with E-state index in [1.807, 2.05) is 6.92 Å². The average Bonchev–Trinajstić information content (AvgIpc) is 2.55. The normalized spacial score (nSPS) is 23.3. The molecule has 1 saturated heterocycles. The van der Waals surface area contributed by atoms with Gasteiger partial charge >= 0.3 is 0 Å². The molecule has 0 saturated carbocycles. The van der Waals surface area contributed by atoms with Gasteiger partial charge < -0.3 is 15.4 Å². The van der Waals surface area contributed by atoms with E-state index in [0.717, 1.165) is 32.4 Å². The maximum atomic E-state index is 11.3. The van der Waals surface area contributed by atoms with E-state index in [9.17, 15) is 4.79 Å². The molecule has 1 unspecified atom stereocenters. The maximum Gasteiger partial charge on any atom is 0.233 e. The molecule has 0 spiro atoms. The molecule has 0 aromatic carbocycles. The molecular weight excluding hydrogens is 204 g/mol. The van der Waals surface area contributed by atoms with Crippen molar-refractivity contribution in [3.05, 3.63) is 0 Å². The van der Waals surface area contributed by atoms with Gasteiger partial charge in [-0.1, -0.05) is 6.92 Å². The summed E-state index contributed by atoms with van der Waals surface area (Å²) in [5.41, 5.74) is 0.0107. The van der Waals surface area contributed by atoms with Gasteiger partial charge in [0.05, 0.1) is 18.2 Å². The summed E-state index contributed by atoms with van der Waals surface area (Å²) in [6, 6.07) is 0. The minimum absolute atomic E-state index is 0.0107. The number of carbonyl (C=O) groups excluding carboxylic acids is 1. The van der Waals surface area contributed by atoms with Crippen LogP contribution in [-0.2, 0) is 9.53 Å². The second kappa shape index (κ2) is 6.21. The fourth-order valence-corrected chi connectivity index (χ4v) is 1.89. The van der Waals surface area contributed by atoms with Gasteiger partial charge in [0.2, 0.25) is 5.91 Å². The second-order valence-electron chi connectivity index (χ2n) is 5.02. The van der Waals surface area contributed by atoms with E-state index in [1.165, 1.54) is 0 Å². The van der Waals surface area contributed by atoms with Crippen molar-refractivity contribution in [1.82, 2.24) is 10.6 Å². The van der Waals surface area contributed by atoms with Crippen molar-refractivity contribution in [2.24, 2.45) is 0 Å². The first-order chi connectivity index (χ1) is 7.53. The van der Waals surface area contributed by atoms with Gasteiger partial charge in [-0.15, -0.1) is 0 Å². The first-order valence-corrected chi connectivity index (χ1v) is 6.19. The van der Waals surface area contributed by atoms with Crippen LogP contribution < -0.4 is 10.6 Å². The van der Waals surface area contributed by atoms with E-state index >= 15 is 0 Å². The fraction of sp³-hybridized carbons (Fsp3) is 0.917. The zero-order valence-electron chi connectivity index (χ0n) is 10.6. The third-order valence-electron chi connectivity index (χ3n) is 2.78. The Morgan fingerprint density at radius 1 is 1.50 bits per heavy atom. The number of rotatable bonds is 6. The molecular formula is C12H24N2O2. The summed E-state index contributed by atoms with van der Waals surface area (Å²) in [5, 5.41) is 5.97. The van der Waals surface area contributed by atoms with Gasteiger partial charge in [0, 0.05) is 13.1 Å². The molecule has 4 nitrogen and oxygen atoms in total. The van der Waals surface area contributed by atoms with Crippen LogP contribution in [0, 0.1) is 0 Å². The first-order valence-electron chi connectivity index (χ1n) is 6.19. The number of carbonyl (C=O) groups is 1. The smallest absolute Gasteiger partial charge is 0.233 e. The van der Waals surface area contributed by atoms with Gasteiger partial charge in [-0.2, -0.15) is 0 Å². The monoisotopic (exact) mass is 228 g/mol. The summed E-state index contributed by atoms with van der Waals surface area (Å²) >= 11 is 0. The first kappa shape index (κ1) is 13.5. The SMILES string of the molecule is CCCNC(=O)CNCC1CCC(C)(C)O1. The highest BCUT2D eigenvalue weighted by Crippen LogP contribution is 2.28. The third-order valence-corrected chi connectivity index (χ3v) is 2.78. The van der Waals surface area contributed by atoms with Gasteiger partial charge in [-0.05, 0) is 33.1 Å². The molecule has 0 aromatic rings. The highest BCUT2D eigenvalue weighted by molar-refractivity contribution is 5.77. The molecule has 1 aliphatic heterocycles. The third kappa shape index (κ3) is 4.94. The molecule has 0 bridgehead atoms. The van der Waals surface area contributed by atoms with Gasteiger partial charge in [0.25, 0.3) is 0 Å². The molecule has 0 aliphatic carbocycles. The van der Waals surface area contributed by atoms with E-state index in [4.69, 9.17) is 4.74 Å². The van der Waals surface area contributed by atoms with E-state index in [2.05, 4.69) is 24.5 Å². The minimum Gasteiger partial charge on any atom is -0.371 e. The van der Waals surface area contributed by atoms with Crippen LogP contribution in [0.2, 0.25) is 0 Å². The van der Waals surface area contributed by atoms with Crippen molar-refractivity contribution < 1.29 is 9.53 Å². The highest BCUT2D eigenvalue weighted by atomic mass is 16.5. The Labute approximate surface area is 98.1 Å². The molecule has 4 heteroatoms. The molecule has 1 fully saturated rings. The number of amides is 1. The minimum atomic E-state index is 0.0107. The molecule has 0 radical (unpaired) electrons. The van der Waals surface area contributed by atoms with Crippen LogP contribution in [0.3, 0.4) is 0 Å². The maximum absolute atomic E-state index is 11.3. The topological polar surface area (TPSA) is 50.4 Å². The van der Waals surface area contributed by atoms with Crippen LogP contribution in [-0.4, -0.2) is 37.2 Å². The van der Waals surface area contributed by atoms with E-state index in [0.29, 0.717) is 6.54 Å². The number of ether oxygens (including phenoxy) is 1. The molecule has 1 atom stereocenters. The van der Waals surface area contributed by atoms with Crippen molar-refractivity contribution in [3.63, 3.8) is 0 Å². The summed E-state index contributed by atoms with van der Waals surface area (Å²) in [4.78, 5) is 11.3. The van der Waals surface area contributed by atoms with Crippen LogP contribution in [0.5, 0.6) is 0 Å². The molecule has 2 N–H and O–H groups in total. The van der Waals surface area contributed by atoms with Crippen molar-refractivity contribution in [2.45, 2.75) is 51.7 Å². The molecule has 1 amide bonds. The molecule has 94 valence electrons. The van der Waals surface area contributed by atoms with Crippen molar-refractivity contribution in [3.8, 4) is 0 Å². The number of hydrogen-bond donors (Lipinski definition) is 2. The van der Waals surface area contributed by atoms with Gasteiger partial charge in [-0.3, -0.25) is 4.79 Å². The summed E-state index contributed by atoms with van der Waals surface area (Å²) in [6.07, 6.45) is 3.41. The van der Waals surface area contributed by atoms with Crippen molar-refractivity contribution in [1.29, 1.82) is 0 Å². The molecule has 1 heterocycles. The van der Waals surface area contributed by atoms with E-state index in [-0.39, 0.29) is 17.6 Å². The average molecular weight is 228 g/mol. The molecule has 1 rings (SSSR count). The van der Waals surface area contributed by atoms with Crippen LogP contribution in [0.15, 0.2) is 0 Å². The van der Waals surface area contributed by atoms with E-state index in [1.54, 1.807) is 0 Å². The lowest BCUT2D eigenvalue weighted by Crippen LogP contribution is -2.38. The predicted octanol–water partition coefficient (Wildman–Crippen LogP) is 1.06. The summed E-state index contributed by atoms with van der Waals surface area (Å²) < 4.78 is 5.82. The van der Waals surface area contributed by atoms with Crippen molar-refractivity contribution >= 4 is 5.91 Å². The molecule has 1 aliphatic rings. The highest BCUT2D eigenvalue weighted by Gasteiger charge is 2.31. The molecule has 0 aromatic heterocycles. The van der Waals surface area contributed by atoms with Crippen LogP contribution in [0.4, 0.5) is 0 Å². The molecule has 16 heavy (non-hydrogen) atoms. The van der Waals surface area contributed by atoms with E-state index < -0.39 is 0 Å². The second-order valence-corrected chi connectivity index (χ2v) is 5.02. The van der Waals surface area contributed by atoms with Gasteiger partial charge in [-0.25, -0.2) is 0 Å². The Bertz CT molecular complexity index is 229. The number of nitrogens with one attached hydrogen (secondary N) is 2. The Morgan fingerprint density at radius 3 is 2.81 bits per heavy atom. The zero-order chi connectivity index (χ0) is 12.0. The van der Waals surface area contributed by atoms with Crippen molar-refractivity contribution in [2.75, 3.05) is 19.6 Å². The summed E-state index contributed by atoms with van der Waals surface area (Å²) in [6.45, 7) is 8.18. The number of hydrogen-bond acceptors (Lipinski definition) is 3. The summed E-state index contributed by atoms with van der Waals surface area (Å²) in [7, 11) is 0. The lowest BCUT2D eigenvalue weighted by atomic mass is 10.1. The van der Waals surface area contributed by atoms with Crippen LogP contribution in [0.25, 0.3) is 0 Å². The van der Waals surface area contributed by atoms with Gasteiger partial charge in [0.15, 0.2) is 0 Å². The predicted molar refractivity (Wildman–Crippen MR) is 64.4 cm³/mol. The Balaban J connectivity index is 2.05. The quantitative estimate of drug-likeness (QED) is 0.714. The standard InChI is InChI=1S/C12H24N2O2/c1-4-7-14-11(15)9-13-8-10-5-6-12(2,3)16-10/h10,13H,4-9H2,1-3H3,(H,14,15). The zero-order valence-corrected chi connectivity index (χ0v) is 10.6.